The summed E-state index contributed by atoms with van der Waals surface area (Å²) in [5, 5.41) is 0. The number of rotatable bonds is 2. The van der Waals surface area contributed by atoms with Gasteiger partial charge in [0.1, 0.15) is 0 Å². The zero-order valence-electron chi connectivity index (χ0n) is 9.57. The molecular formula is C13H14N2Y. The summed E-state index contributed by atoms with van der Waals surface area (Å²) < 4.78 is 2.99. The van der Waals surface area contributed by atoms with Crippen LogP contribution in [0.25, 0.3) is 0 Å². The van der Waals surface area contributed by atoms with Crippen molar-refractivity contribution < 1.29 is 29.2 Å². The second-order valence-corrected chi connectivity index (χ2v) is 7.80. The molecule has 0 amide bonds. The van der Waals surface area contributed by atoms with Crippen LogP contribution < -0.4 is 10.5 Å². The van der Waals surface area contributed by atoms with Gasteiger partial charge in [0, 0.05) is 0 Å². The first kappa shape index (κ1) is 11.8. The molecule has 16 heavy (non-hydrogen) atoms. The van der Waals surface area contributed by atoms with Crippen molar-refractivity contribution in [2.24, 2.45) is 0 Å². The van der Waals surface area contributed by atoms with E-state index in [0.717, 1.165) is 11.4 Å². The molecule has 0 saturated carbocycles. The zero-order valence-corrected chi connectivity index (χ0v) is 12.4. The van der Waals surface area contributed by atoms with Crippen molar-refractivity contribution >= 4 is 10.4 Å². The van der Waals surface area contributed by atoms with E-state index in [-0.39, 0.29) is 0 Å². The number of hydrogen-bond donors (Lipinski definition) is 1. The molecule has 0 bridgehead atoms. The van der Waals surface area contributed by atoms with Crippen LogP contribution in [0.4, 0.5) is 5.69 Å². The van der Waals surface area contributed by atoms with Crippen LogP contribution in [-0.2, 0) is 29.2 Å². The Balaban J connectivity index is 2.27. The third-order valence-corrected chi connectivity index (χ3v) is 6.82. The maximum atomic E-state index is 5.69. The van der Waals surface area contributed by atoms with Gasteiger partial charge in [-0.05, 0) is 0 Å². The average molecular weight is 287 g/mol. The summed E-state index contributed by atoms with van der Waals surface area (Å²) >= 11 is -0.888. The van der Waals surface area contributed by atoms with Crippen LogP contribution in [0, 0.1) is 13.8 Å². The molecule has 2 rings (SSSR count). The molecule has 2 aromatic rings. The van der Waals surface area contributed by atoms with Crippen LogP contribution >= 0.6 is 0 Å². The van der Waals surface area contributed by atoms with Gasteiger partial charge in [0.15, 0.2) is 0 Å². The topological polar surface area (TPSA) is 38.9 Å². The molecule has 2 nitrogen and oxygen atoms in total. The third kappa shape index (κ3) is 2.69. The summed E-state index contributed by atoms with van der Waals surface area (Å²) in [6.07, 6.45) is 1.92. The molecule has 0 fully saturated rings. The number of benzene rings is 1. The van der Waals surface area contributed by atoms with E-state index >= 15 is 0 Å². The van der Waals surface area contributed by atoms with Crippen molar-refractivity contribution in [3.05, 3.63) is 47.8 Å². The maximum absolute atomic E-state index is 5.69. The molecule has 0 aliphatic carbocycles. The molecular weight excluding hydrogens is 273 g/mol. The standard InChI is InChI=1S/C7H8N.C6H6N.Y/c1-6-4-3-5-8-7(6)2;7-6-4-2-1-3-5-6;/h3,5H,1-2H3;2-5H,7H2;. The predicted molar refractivity (Wildman–Crippen MR) is 63.8 cm³/mol. The van der Waals surface area contributed by atoms with E-state index in [9.17, 15) is 0 Å². The Morgan fingerprint density at radius 2 is 1.75 bits per heavy atom. The van der Waals surface area contributed by atoms with E-state index in [0.29, 0.717) is 0 Å². The van der Waals surface area contributed by atoms with Gasteiger partial charge in [-0.25, -0.2) is 0 Å². The normalized spacial score (nSPS) is 9.88. The van der Waals surface area contributed by atoms with Crippen LogP contribution in [0.2, 0.25) is 0 Å². The first-order chi connectivity index (χ1) is 7.66. The Morgan fingerprint density at radius 3 is 2.44 bits per heavy atom. The Morgan fingerprint density at radius 1 is 1.06 bits per heavy atom. The molecule has 3 heteroatoms. The Labute approximate surface area is 111 Å². The molecule has 1 heterocycles. The van der Waals surface area contributed by atoms with Gasteiger partial charge in [0.05, 0.1) is 0 Å². The molecule has 0 atom stereocenters. The monoisotopic (exact) mass is 287 g/mol. The first-order valence-corrected chi connectivity index (χ1v) is 8.13. The van der Waals surface area contributed by atoms with Crippen molar-refractivity contribution in [3.63, 3.8) is 0 Å². The minimum atomic E-state index is -0.888. The Kier molecular flexibility index (Phi) is 3.72. The van der Waals surface area contributed by atoms with Crippen molar-refractivity contribution in [2.75, 3.05) is 5.73 Å². The number of hydrogen-bond acceptors (Lipinski definition) is 2. The molecule has 2 N–H and O–H groups in total. The van der Waals surface area contributed by atoms with E-state index in [2.05, 4.69) is 37.0 Å². The molecule has 1 aromatic heterocycles. The molecule has 0 radical (unpaired) electrons. The van der Waals surface area contributed by atoms with Crippen molar-refractivity contribution in [1.29, 1.82) is 0 Å². The summed E-state index contributed by atoms with van der Waals surface area (Å²) in [5.74, 6) is 0. The number of nitrogen functional groups attached to an aromatic ring is 1. The number of pyridine rings is 1. The van der Waals surface area contributed by atoms with E-state index in [4.69, 9.17) is 5.73 Å². The second-order valence-electron chi connectivity index (χ2n) is 3.92. The molecule has 0 aliphatic rings. The summed E-state index contributed by atoms with van der Waals surface area (Å²) in [5.41, 5.74) is 9.04. The zero-order chi connectivity index (χ0) is 11.5. The average Bonchev–Trinajstić information content (AvgIpc) is 2.28. The fraction of sp³-hybridized carbons (Fsp3) is 0.154. The number of nitrogens with zero attached hydrogens (tertiary/aromatic N) is 1. The van der Waals surface area contributed by atoms with Gasteiger partial charge < -0.3 is 0 Å². The number of aromatic nitrogens is 1. The number of aryl methyl sites for hydroxylation is 1. The predicted octanol–water partition coefficient (Wildman–Crippen LogP) is 1.31. The molecule has 1 aromatic carbocycles. The summed E-state index contributed by atoms with van der Waals surface area (Å²) in [7, 11) is 0. The van der Waals surface area contributed by atoms with Crippen LogP contribution in [0.3, 0.4) is 0 Å². The Bertz CT molecular complexity index is 492. The van der Waals surface area contributed by atoms with Crippen LogP contribution in [-0.4, -0.2) is 4.98 Å². The van der Waals surface area contributed by atoms with E-state index < -0.39 is 29.2 Å². The molecule has 0 spiro atoms. The van der Waals surface area contributed by atoms with Crippen molar-refractivity contribution in [3.8, 4) is 0 Å². The van der Waals surface area contributed by atoms with Gasteiger partial charge in [-0.1, -0.05) is 0 Å². The van der Waals surface area contributed by atoms with Crippen LogP contribution in [0.15, 0.2) is 36.5 Å². The van der Waals surface area contributed by atoms with Crippen LogP contribution in [0.5, 0.6) is 0 Å². The van der Waals surface area contributed by atoms with E-state index in [1.807, 2.05) is 18.3 Å². The molecule has 79 valence electrons. The summed E-state index contributed by atoms with van der Waals surface area (Å²) in [4.78, 5) is 4.31. The minimum absolute atomic E-state index is 0.842. The SMILES string of the molecule is Cc1ncc[c]([Y][c]2ccc(N)cc2)c1C. The van der Waals surface area contributed by atoms with E-state index in [1.54, 1.807) is 0 Å². The number of nitrogens with two attached hydrogens (primary N) is 1. The first-order valence-electron chi connectivity index (χ1n) is 5.29. The van der Waals surface area contributed by atoms with Crippen molar-refractivity contribution in [2.45, 2.75) is 13.8 Å². The molecule has 0 saturated heterocycles. The fourth-order valence-electron chi connectivity index (χ4n) is 1.59. The Hall–Kier alpha value is -0.726. The van der Waals surface area contributed by atoms with Gasteiger partial charge in [0.2, 0.25) is 0 Å². The fourth-order valence-corrected chi connectivity index (χ4v) is 4.91. The van der Waals surface area contributed by atoms with Crippen LogP contribution in [0.1, 0.15) is 11.3 Å². The molecule has 0 unspecified atom stereocenters. The van der Waals surface area contributed by atoms with Gasteiger partial charge in [0.25, 0.3) is 0 Å². The summed E-state index contributed by atoms with van der Waals surface area (Å²) in [6, 6.07) is 10.5. The van der Waals surface area contributed by atoms with Gasteiger partial charge in [-0.3, -0.25) is 0 Å². The summed E-state index contributed by atoms with van der Waals surface area (Å²) in [6.45, 7) is 4.24. The van der Waals surface area contributed by atoms with Gasteiger partial charge in [-0.15, -0.1) is 0 Å². The number of anilines is 1. The van der Waals surface area contributed by atoms with Gasteiger partial charge >= 0.3 is 112 Å². The van der Waals surface area contributed by atoms with Crippen molar-refractivity contribution in [1.82, 2.24) is 4.98 Å². The quantitative estimate of drug-likeness (QED) is 0.846. The van der Waals surface area contributed by atoms with Gasteiger partial charge in [-0.2, -0.15) is 0 Å². The molecule has 0 aliphatic heterocycles. The third-order valence-electron chi connectivity index (χ3n) is 2.76. The van der Waals surface area contributed by atoms with E-state index in [1.165, 1.54) is 10.3 Å². The second kappa shape index (κ2) is 5.07.